The Kier molecular flexibility index (Phi) is 2.76. The molecule has 1 N–H and O–H groups in total. The summed E-state index contributed by atoms with van der Waals surface area (Å²) in [5.74, 6) is 0.540. The number of rotatable bonds is 1. The molecule has 1 aliphatic heterocycles. The van der Waals surface area contributed by atoms with Crippen LogP contribution in [0.5, 0.6) is 0 Å². The summed E-state index contributed by atoms with van der Waals surface area (Å²) in [7, 11) is 0. The van der Waals surface area contributed by atoms with Gasteiger partial charge in [-0.15, -0.1) is 0 Å². The lowest BCUT2D eigenvalue weighted by atomic mass is 9.95. The quantitative estimate of drug-likeness (QED) is 0.791. The number of hydrogen-bond acceptors (Lipinski definition) is 1. The SMILES string of the molecule is FC(F)(F)c1cccc2c1NC(C1CCCC1)C2. The number of nitrogens with one attached hydrogen (secondary N) is 1. The van der Waals surface area contributed by atoms with Crippen molar-refractivity contribution in [1.82, 2.24) is 0 Å². The van der Waals surface area contributed by atoms with Crippen LogP contribution in [0, 0.1) is 5.92 Å². The highest BCUT2D eigenvalue weighted by Crippen LogP contribution is 2.42. The molecule has 1 unspecified atom stereocenters. The largest absolute Gasteiger partial charge is 0.418 e. The molecular weight excluding hydrogens is 239 g/mol. The van der Waals surface area contributed by atoms with Crippen molar-refractivity contribution < 1.29 is 13.2 Å². The minimum absolute atomic E-state index is 0.200. The Bertz CT molecular complexity index is 447. The van der Waals surface area contributed by atoms with Gasteiger partial charge in [0, 0.05) is 11.7 Å². The summed E-state index contributed by atoms with van der Waals surface area (Å²) in [6, 6.07) is 4.70. The van der Waals surface area contributed by atoms with Gasteiger partial charge in [-0.1, -0.05) is 25.0 Å². The average molecular weight is 255 g/mol. The smallest absolute Gasteiger partial charge is 0.381 e. The molecule has 0 spiro atoms. The maximum absolute atomic E-state index is 12.9. The topological polar surface area (TPSA) is 12.0 Å². The second kappa shape index (κ2) is 4.18. The normalized spacial score (nSPS) is 24.1. The minimum Gasteiger partial charge on any atom is -0.381 e. The van der Waals surface area contributed by atoms with E-state index in [2.05, 4.69) is 5.32 Å². The molecule has 0 aromatic heterocycles. The molecule has 1 saturated carbocycles. The van der Waals surface area contributed by atoms with Crippen LogP contribution < -0.4 is 5.32 Å². The number of hydrogen-bond donors (Lipinski definition) is 1. The molecule has 1 atom stereocenters. The van der Waals surface area contributed by atoms with Gasteiger partial charge in [0.15, 0.2) is 0 Å². The monoisotopic (exact) mass is 255 g/mol. The van der Waals surface area contributed by atoms with Crippen LogP contribution in [0.3, 0.4) is 0 Å². The number of fused-ring (bicyclic) bond motifs is 1. The van der Waals surface area contributed by atoms with Gasteiger partial charge in [-0.3, -0.25) is 0 Å². The molecule has 0 radical (unpaired) electrons. The van der Waals surface area contributed by atoms with Crippen molar-refractivity contribution in [3.05, 3.63) is 29.3 Å². The van der Waals surface area contributed by atoms with E-state index in [4.69, 9.17) is 0 Å². The summed E-state index contributed by atoms with van der Waals surface area (Å²) >= 11 is 0. The van der Waals surface area contributed by atoms with Crippen LogP contribution in [0.4, 0.5) is 18.9 Å². The van der Waals surface area contributed by atoms with E-state index in [1.807, 2.05) is 6.07 Å². The maximum atomic E-state index is 12.9. The third-order valence-electron chi connectivity index (χ3n) is 4.19. The lowest BCUT2D eigenvalue weighted by molar-refractivity contribution is -0.136. The predicted molar refractivity (Wildman–Crippen MR) is 64.5 cm³/mol. The van der Waals surface area contributed by atoms with Crippen molar-refractivity contribution in [2.45, 2.75) is 44.3 Å². The van der Waals surface area contributed by atoms with Crippen molar-refractivity contribution in [2.75, 3.05) is 5.32 Å². The molecule has 3 rings (SSSR count). The van der Waals surface area contributed by atoms with Crippen molar-refractivity contribution in [3.63, 3.8) is 0 Å². The summed E-state index contributed by atoms with van der Waals surface area (Å²) < 4.78 is 38.7. The highest BCUT2D eigenvalue weighted by atomic mass is 19.4. The Morgan fingerprint density at radius 2 is 1.83 bits per heavy atom. The summed E-state index contributed by atoms with van der Waals surface area (Å²) in [4.78, 5) is 0. The van der Waals surface area contributed by atoms with Gasteiger partial charge in [0.1, 0.15) is 0 Å². The third-order valence-corrected chi connectivity index (χ3v) is 4.19. The highest BCUT2D eigenvalue weighted by molar-refractivity contribution is 5.63. The van der Waals surface area contributed by atoms with Crippen molar-refractivity contribution >= 4 is 5.69 Å². The number of alkyl halides is 3. The molecule has 1 aromatic carbocycles. The molecule has 0 bridgehead atoms. The van der Waals surface area contributed by atoms with E-state index >= 15 is 0 Å². The number of benzene rings is 1. The average Bonchev–Trinajstić information content (AvgIpc) is 2.95. The zero-order valence-corrected chi connectivity index (χ0v) is 10.1. The predicted octanol–water partition coefficient (Wildman–Crippen LogP) is 4.23. The van der Waals surface area contributed by atoms with Gasteiger partial charge in [-0.05, 0) is 36.8 Å². The molecular formula is C14H16F3N. The van der Waals surface area contributed by atoms with E-state index in [0.29, 0.717) is 11.6 Å². The molecule has 98 valence electrons. The van der Waals surface area contributed by atoms with Crippen molar-refractivity contribution in [1.29, 1.82) is 0 Å². The van der Waals surface area contributed by atoms with Gasteiger partial charge in [0.25, 0.3) is 0 Å². The lowest BCUT2D eigenvalue weighted by Gasteiger charge is -2.19. The second-order valence-corrected chi connectivity index (χ2v) is 5.34. The Balaban J connectivity index is 1.88. The zero-order valence-electron chi connectivity index (χ0n) is 10.1. The fraction of sp³-hybridized carbons (Fsp3) is 0.571. The molecule has 1 aliphatic carbocycles. The molecule has 18 heavy (non-hydrogen) atoms. The second-order valence-electron chi connectivity index (χ2n) is 5.34. The minimum atomic E-state index is -4.26. The van der Waals surface area contributed by atoms with Gasteiger partial charge in [-0.2, -0.15) is 13.2 Å². The van der Waals surface area contributed by atoms with Crippen LogP contribution in [0.15, 0.2) is 18.2 Å². The summed E-state index contributed by atoms with van der Waals surface area (Å²) in [6.45, 7) is 0. The Morgan fingerprint density at radius 1 is 1.11 bits per heavy atom. The van der Waals surface area contributed by atoms with E-state index in [1.54, 1.807) is 0 Å². The maximum Gasteiger partial charge on any atom is 0.418 e. The van der Waals surface area contributed by atoms with Crippen LogP contribution in [0.25, 0.3) is 0 Å². The summed E-state index contributed by atoms with van der Waals surface area (Å²) in [6.07, 6.45) is 1.20. The van der Waals surface area contributed by atoms with Crippen LogP contribution in [0.2, 0.25) is 0 Å². The van der Waals surface area contributed by atoms with E-state index in [1.165, 1.54) is 25.0 Å². The molecule has 1 heterocycles. The summed E-state index contributed by atoms with van der Waals surface area (Å²) in [5, 5.41) is 3.13. The first-order valence-corrected chi connectivity index (χ1v) is 6.51. The van der Waals surface area contributed by atoms with Gasteiger partial charge in [0.05, 0.1) is 5.56 Å². The summed E-state index contributed by atoms with van der Waals surface area (Å²) in [5.41, 5.74) is 0.629. The highest BCUT2D eigenvalue weighted by Gasteiger charge is 2.38. The zero-order chi connectivity index (χ0) is 12.8. The van der Waals surface area contributed by atoms with Crippen molar-refractivity contribution in [3.8, 4) is 0 Å². The fourth-order valence-corrected chi connectivity index (χ4v) is 3.29. The lowest BCUT2D eigenvalue weighted by Crippen LogP contribution is -2.25. The number of anilines is 1. The van der Waals surface area contributed by atoms with Gasteiger partial charge >= 0.3 is 6.18 Å². The molecule has 4 heteroatoms. The fourth-order valence-electron chi connectivity index (χ4n) is 3.29. The van der Waals surface area contributed by atoms with Gasteiger partial charge in [-0.25, -0.2) is 0 Å². The van der Waals surface area contributed by atoms with E-state index in [0.717, 1.165) is 24.8 Å². The standard InChI is InChI=1S/C14H16F3N/c15-14(16,17)11-7-3-6-10-8-12(18-13(10)11)9-4-1-2-5-9/h3,6-7,9,12,18H,1-2,4-5,8H2. The Labute approximate surface area is 104 Å². The van der Waals surface area contributed by atoms with E-state index in [-0.39, 0.29) is 6.04 Å². The van der Waals surface area contributed by atoms with Gasteiger partial charge < -0.3 is 5.32 Å². The Morgan fingerprint density at radius 3 is 2.50 bits per heavy atom. The number of para-hydroxylation sites is 1. The molecule has 1 nitrogen and oxygen atoms in total. The first kappa shape index (κ1) is 11.9. The Hall–Kier alpha value is -1.19. The first-order valence-electron chi connectivity index (χ1n) is 6.51. The number of halogens is 3. The van der Waals surface area contributed by atoms with Crippen LogP contribution in [0.1, 0.15) is 36.8 Å². The van der Waals surface area contributed by atoms with Crippen molar-refractivity contribution in [2.24, 2.45) is 5.92 Å². The molecule has 1 aromatic rings. The van der Waals surface area contributed by atoms with Crippen LogP contribution in [-0.2, 0) is 12.6 Å². The third kappa shape index (κ3) is 1.98. The molecule has 2 aliphatic rings. The first-order chi connectivity index (χ1) is 8.55. The molecule has 0 saturated heterocycles. The molecule has 1 fully saturated rings. The van der Waals surface area contributed by atoms with Gasteiger partial charge in [0.2, 0.25) is 0 Å². The van der Waals surface area contributed by atoms with E-state index < -0.39 is 11.7 Å². The van der Waals surface area contributed by atoms with Crippen LogP contribution >= 0.6 is 0 Å². The van der Waals surface area contributed by atoms with E-state index in [9.17, 15) is 13.2 Å². The molecule has 0 amide bonds. The van der Waals surface area contributed by atoms with Crippen LogP contribution in [-0.4, -0.2) is 6.04 Å².